The first-order valence-electron chi connectivity index (χ1n) is 7.88. The Balaban J connectivity index is 2.16. The number of hydrogen-bond acceptors (Lipinski definition) is 3. The molecule has 1 heterocycles. The van der Waals surface area contributed by atoms with Crippen molar-refractivity contribution in [3.8, 4) is 0 Å². The number of carboxylic acid groups (broad SMARTS) is 1. The van der Waals surface area contributed by atoms with E-state index in [1.165, 1.54) is 12.1 Å². The fraction of sp³-hybridized carbons (Fsp3) is 0.222. The molecular weight excluding hydrogens is 406 g/mol. The van der Waals surface area contributed by atoms with E-state index in [1.807, 2.05) is 0 Å². The van der Waals surface area contributed by atoms with Gasteiger partial charge in [-0.15, -0.1) is 0 Å². The Labute approximate surface area is 161 Å². The van der Waals surface area contributed by atoms with E-state index in [2.05, 4.69) is 0 Å². The molecule has 3 rings (SSSR count). The zero-order chi connectivity index (χ0) is 20.6. The Kier molecular flexibility index (Phi) is 5.31. The maximum atomic E-state index is 13.5. The average molecular weight is 418 g/mol. The number of rotatable bonds is 3. The van der Waals surface area contributed by atoms with E-state index in [0.717, 1.165) is 35.2 Å². The Morgan fingerprint density at radius 2 is 1.93 bits per heavy atom. The number of carboxylic acids is 1. The number of morpholine rings is 1. The first-order chi connectivity index (χ1) is 13.1. The number of benzene rings is 2. The van der Waals surface area contributed by atoms with Crippen molar-refractivity contribution in [2.24, 2.45) is 0 Å². The fourth-order valence-electron chi connectivity index (χ4n) is 2.98. The molecule has 1 aliphatic rings. The normalized spacial score (nSPS) is 20.3. The highest BCUT2D eigenvalue weighted by atomic mass is 35.5. The van der Waals surface area contributed by atoms with E-state index in [9.17, 15) is 32.3 Å². The molecule has 1 N–H and O–H groups in total. The molecule has 28 heavy (non-hydrogen) atoms. The molecule has 1 saturated heterocycles. The largest absolute Gasteiger partial charge is 0.479 e. The van der Waals surface area contributed by atoms with Gasteiger partial charge in [0.2, 0.25) is 0 Å². The van der Waals surface area contributed by atoms with E-state index in [4.69, 9.17) is 16.3 Å². The number of anilines is 1. The number of nitrogens with zero attached hydrogens (tertiary/aromatic N) is 1. The summed E-state index contributed by atoms with van der Waals surface area (Å²) >= 11 is 5.75. The van der Waals surface area contributed by atoms with Crippen LogP contribution in [0.15, 0.2) is 42.5 Å². The van der Waals surface area contributed by atoms with Crippen molar-refractivity contribution in [2.45, 2.75) is 18.3 Å². The van der Waals surface area contributed by atoms with Gasteiger partial charge >= 0.3 is 12.1 Å². The Hall–Kier alpha value is -2.65. The lowest BCUT2D eigenvalue weighted by Gasteiger charge is -2.39. The van der Waals surface area contributed by atoms with Crippen LogP contribution in [-0.2, 0) is 20.5 Å². The number of halogens is 5. The van der Waals surface area contributed by atoms with Crippen LogP contribution in [-0.4, -0.2) is 29.7 Å². The number of carbonyl (C=O) groups is 2. The molecule has 2 aromatic carbocycles. The fourth-order valence-corrected chi connectivity index (χ4v) is 3.16. The minimum absolute atomic E-state index is 0.0355. The molecule has 1 amide bonds. The monoisotopic (exact) mass is 417 g/mol. The van der Waals surface area contributed by atoms with Crippen LogP contribution in [0.25, 0.3) is 0 Å². The molecule has 148 valence electrons. The summed E-state index contributed by atoms with van der Waals surface area (Å²) in [5.41, 5.74) is -1.08. The summed E-state index contributed by atoms with van der Waals surface area (Å²) in [6, 6.07) is 5.78. The summed E-state index contributed by atoms with van der Waals surface area (Å²) in [5, 5.41) is 9.15. The highest BCUT2D eigenvalue weighted by molar-refractivity contribution is 6.31. The summed E-state index contributed by atoms with van der Waals surface area (Å²) in [5.74, 6) is -2.94. The van der Waals surface area contributed by atoms with Gasteiger partial charge in [0.25, 0.3) is 5.91 Å². The van der Waals surface area contributed by atoms with Crippen molar-refractivity contribution in [3.63, 3.8) is 0 Å². The third kappa shape index (κ3) is 3.81. The van der Waals surface area contributed by atoms with Gasteiger partial charge in [-0.05, 0) is 35.9 Å². The van der Waals surface area contributed by atoms with E-state index < -0.39 is 48.2 Å². The Morgan fingerprint density at radius 3 is 2.54 bits per heavy atom. The van der Waals surface area contributed by atoms with Gasteiger partial charge in [-0.3, -0.25) is 9.69 Å². The second-order valence-corrected chi connectivity index (χ2v) is 6.41. The van der Waals surface area contributed by atoms with Crippen molar-refractivity contribution in [1.82, 2.24) is 0 Å². The van der Waals surface area contributed by atoms with Crippen LogP contribution in [0.3, 0.4) is 0 Å². The van der Waals surface area contributed by atoms with Gasteiger partial charge in [-0.25, -0.2) is 9.18 Å². The lowest BCUT2D eigenvalue weighted by atomic mass is 9.95. The van der Waals surface area contributed by atoms with Crippen LogP contribution in [0.1, 0.15) is 17.2 Å². The molecule has 0 aromatic heterocycles. The quantitative estimate of drug-likeness (QED) is 0.765. The molecule has 1 fully saturated rings. The molecule has 0 unspecified atom stereocenters. The maximum Gasteiger partial charge on any atom is 0.416 e. The minimum Gasteiger partial charge on any atom is -0.479 e. The van der Waals surface area contributed by atoms with Gasteiger partial charge in [0, 0.05) is 5.69 Å². The van der Waals surface area contributed by atoms with Crippen LogP contribution in [0.2, 0.25) is 5.02 Å². The summed E-state index contributed by atoms with van der Waals surface area (Å²) in [6.07, 6.45) is -6.30. The van der Waals surface area contributed by atoms with Crippen molar-refractivity contribution in [2.75, 3.05) is 11.5 Å². The molecule has 1 aliphatic heterocycles. The van der Waals surface area contributed by atoms with Crippen LogP contribution >= 0.6 is 11.6 Å². The van der Waals surface area contributed by atoms with E-state index in [0.29, 0.717) is 0 Å². The van der Waals surface area contributed by atoms with Crippen LogP contribution < -0.4 is 4.90 Å². The number of aliphatic carboxylic acids is 1. The first kappa shape index (κ1) is 20.1. The highest BCUT2D eigenvalue weighted by Crippen LogP contribution is 2.38. The zero-order valence-electron chi connectivity index (χ0n) is 13.9. The standard InChI is InChI=1S/C18H12ClF4NO4/c19-12-7-11(4-5-13(12)20)24-14(25)8-28-16(17(26)27)15(24)9-2-1-3-10(6-9)18(21,22)23/h1-7,15-16H,8H2,(H,26,27)/t15-,16+/m1/s1. The number of alkyl halides is 3. The molecule has 0 spiro atoms. The Morgan fingerprint density at radius 1 is 1.21 bits per heavy atom. The number of hydrogen-bond donors (Lipinski definition) is 1. The maximum absolute atomic E-state index is 13.5. The molecule has 10 heteroatoms. The van der Waals surface area contributed by atoms with Crippen molar-refractivity contribution in [3.05, 3.63) is 64.4 Å². The summed E-state index contributed by atoms with van der Waals surface area (Å²) in [4.78, 5) is 25.1. The predicted molar refractivity (Wildman–Crippen MR) is 90.5 cm³/mol. The van der Waals surface area contributed by atoms with Gasteiger partial charge in [0.05, 0.1) is 16.6 Å². The highest BCUT2D eigenvalue weighted by Gasteiger charge is 2.43. The molecule has 0 bridgehead atoms. The summed E-state index contributed by atoms with van der Waals surface area (Å²) in [6.45, 7) is -0.610. The average Bonchev–Trinajstić information content (AvgIpc) is 2.63. The van der Waals surface area contributed by atoms with Gasteiger partial charge in [0.1, 0.15) is 12.4 Å². The SMILES string of the molecule is O=C(O)[C@H]1OCC(=O)N(c2ccc(F)c(Cl)c2)[C@@H]1c1cccc(C(F)(F)F)c1. The number of ether oxygens (including phenoxy) is 1. The van der Waals surface area contributed by atoms with Crippen LogP contribution in [0.5, 0.6) is 0 Å². The molecular formula is C18H12ClF4NO4. The van der Waals surface area contributed by atoms with E-state index >= 15 is 0 Å². The smallest absolute Gasteiger partial charge is 0.416 e. The molecule has 2 aromatic rings. The van der Waals surface area contributed by atoms with Gasteiger partial charge in [0.15, 0.2) is 6.10 Å². The predicted octanol–water partition coefficient (Wildman–Crippen LogP) is 4.06. The van der Waals surface area contributed by atoms with Crippen molar-refractivity contribution in [1.29, 1.82) is 0 Å². The third-order valence-electron chi connectivity index (χ3n) is 4.20. The molecule has 0 radical (unpaired) electrons. The molecule has 0 saturated carbocycles. The first-order valence-corrected chi connectivity index (χ1v) is 8.26. The topological polar surface area (TPSA) is 66.8 Å². The van der Waals surface area contributed by atoms with Gasteiger partial charge < -0.3 is 9.84 Å². The minimum atomic E-state index is -4.67. The van der Waals surface area contributed by atoms with Gasteiger partial charge in [-0.1, -0.05) is 23.7 Å². The van der Waals surface area contributed by atoms with Crippen LogP contribution in [0, 0.1) is 5.82 Å². The lowest BCUT2D eigenvalue weighted by Crippen LogP contribution is -2.52. The lowest BCUT2D eigenvalue weighted by molar-refractivity contribution is -0.157. The van der Waals surface area contributed by atoms with E-state index in [-0.39, 0.29) is 16.3 Å². The molecule has 5 nitrogen and oxygen atoms in total. The summed E-state index contributed by atoms with van der Waals surface area (Å²) < 4.78 is 57.9. The zero-order valence-corrected chi connectivity index (χ0v) is 14.7. The third-order valence-corrected chi connectivity index (χ3v) is 4.49. The van der Waals surface area contributed by atoms with Gasteiger partial charge in [-0.2, -0.15) is 13.2 Å². The van der Waals surface area contributed by atoms with Crippen molar-refractivity contribution < 1.29 is 37.0 Å². The van der Waals surface area contributed by atoms with E-state index in [1.54, 1.807) is 0 Å². The van der Waals surface area contributed by atoms with Crippen molar-refractivity contribution >= 4 is 29.2 Å². The number of amides is 1. The molecule has 2 atom stereocenters. The second-order valence-electron chi connectivity index (χ2n) is 6.00. The van der Waals surface area contributed by atoms with Crippen LogP contribution in [0.4, 0.5) is 23.2 Å². The summed E-state index contributed by atoms with van der Waals surface area (Å²) in [7, 11) is 0. The molecule has 0 aliphatic carbocycles. The number of carbonyl (C=O) groups excluding carboxylic acids is 1. The second kappa shape index (κ2) is 7.40. The Bertz CT molecular complexity index is 934.